The highest BCUT2D eigenvalue weighted by atomic mass is 16.5. The Morgan fingerprint density at radius 3 is 1.96 bits per heavy atom. The van der Waals surface area contributed by atoms with Crippen LogP contribution in [0.15, 0.2) is 72.8 Å². The SMILES string of the molecule is COc1cc2c(cc1OC)C(OC(C)=O)C13C4=CC=C5c6ccc7c8c9c%10c(c(c68)C51C2)c1c3c2c4ccc3c4ccc5c6c(c%10c1c(c64)c23)C1C5C=CC7C91. The molecule has 9 aromatic carbocycles. The van der Waals surface area contributed by atoms with Gasteiger partial charge in [-0.2, -0.15) is 0 Å². The first kappa shape index (κ1) is 26.6. The maximum absolute atomic E-state index is 13.8. The molecule has 7 atom stereocenters. The number of hydrogen-bond acceptors (Lipinski definition) is 4. The van der Waals surface area contributed by atoms with Crippen molar-refractivity contribution < 1.29 is 19.0 Å². The van der Waals surface area contributed by atoms with Crippen LogP contribution >= 0.6 is 0 Å². The zero-order valence-corrected chi connectivity index (χ0v) is 30.7. The number of ether oxygens (including phenoxy) is 3. The number of fused-ring (bicyclic) bond motifs is 6. The van der Waals surface area contributed by atoms with Crippen LogP contribution in [-0.2, 0) is 26.8 Å². The normalized spacial score (nSPS) is 29.8. The van der Waals surface area contributed by atoms with Crippen LogP contribution in [0.2, 0.25) is 0 Å². The van der Waals surface area contributed by atoms with Gasteiger partial charge >= 0.3 is 5.97 Å². The Bertz CT molecular complexity index is 3800. The molecule has 4 nitrogen and oxygen atoms in total. The van der Waals surface area contributed by atoms with E-state index in [0.717, 1.165) is 12.0 Å². The van der Waals surface area contributed by atoms with Gasteiger partial charge in [-0.1, -0.05) is 60.7 Å². The van der Waals surface area contributed by atoms with Crippen molar-refractivity contribution >= 4 is 92.5 Å². The average molecular weight is 717 g/mol. The van der Waals surface area contributed by atoms with Crippen molar-refractivity contribution in [2.45, 2.75) is 54.0 Å². The van der Waals surface area contributed by atoms with Gasteiger partial charge < -0.3 is 14.2 Å². The molecule has 7 unspecified atom stereocenters. The van der Waals surface area contributed by atoms with Gasteiger partial charge in [-0.25, -0.2) is 0 Å². The zero-order valence-electron chi connectivity index (χ0n) is 30.7. The molecular weight excluding hydrogens is 689 g/mol. The Labute approximate surface area is 318 Å². The summed E-state index contributed by atoms with van der Waals surface area (Å²) in [6.45, 7) is 1.60. The number of esters is 1. The molecule has 260 valence electrons. The van der Waals surface area contributed by atoms with Gasteiger partial charge in [0.15, 0.2) is 11.5 Å². The van der Waals surface area contributed by atoms with Gasteiger partial charge in [-0.05, 0) is 155 Å². The fourth-order valence-corrected chi connectivity index (χ4v) is 16.6. The highest BCUT2D eigenvalue weighted by Gasteiger charge is 2.74. The van der Waals surface area contributed by atoms with E-state index < -0.39 is 16.9 Å². The summed E-state index contributed by atoms with van der Waals surface area (Å²) in [6.07, 6.45) is 10.3. The Morgan fingerprint density at radius 2 is 1.20 bits per heavy atom. The number of methoxy groups -OCH3 is 2. The standard InChI is InChI=1S/C52H28O4/c1-17(53)56-50-27-15-31(55-3)30(54-2)14-18(27)16-51-28-12-13-29-26-11-9-24-22-7-5-20-19-4-6-21-23-8-10-25(28)38-36(23)41-34(21)32(19)40-33(20)35(22)42-37(24)39(26)49(52(29,50)51)47-45(42)43(40)44(41)46(47)48(38)51/h4-15,19,21,32,34,50H,16H2,1-3H3. The molecular formula is C52H28O4. The Hall–Kier alpha value is -6.13. The van der Waals surface area contributed by atoms with Crippen molar-refractivity contribution in [2.24, 2.45) is 0 Å². The predicted octanol–water partition coefficient (Wildman–Crippen LogP) is 11.2. The molecule has 56 heavy (non-hydrogen) atoms. The maximum Gasteiger partial charge on any atom is 0.303 e. The molecule has 0 fully saturated rings. The largest absolute Gasteiger partial charge is 0.493 e. The van der Waals surface area contributed by atoms with Crippen molar-refractivity contribution in [1.82, 2.24) is 0 Å². The third-order valence-corrected chi connectivity index (χ3v) is 17.6. The molecule has 2 spiro atoms. The lowest BCUT2D eigenvalue weighted by atomic mass is 9.43. The van der Waals surface area contributed by atoms with Crippen LogP contribution in [0.5, 0.6) is 11.5 Å². The number of allylic oxidation sites excluding steroid dienone is 5. The predicted molar refractivity (Wildman–Crippen MR) is 220 cm³/mol. The quantitative estimate of drug-likeness (QED) is 0.104. The van der Waals surface area contributed by atoms with Crippen molar-refractivity contribution in [3.8, 4) is 11.5 Å². The monoisotopic (exact) mass is 716 g/mol. The second-order valence-electron chi connectivity index (χ2n) is 18.6. The molecule has 9 aliphatic rings. The third kappa shape index (κ3) is 1.97. The van der Waals surface area contributed by atoms with Crippen LogP contribution in [0.3, 0.4) is 0 Å². The first-order valence-electron chi connectivity index (χ1n) is 20.4. The summed E-state index contributed by atoms with van der Waals surface area (Å²) in [5.41, 5.74) is 15.6. The van der Waals surface area contributed by atoms with Crippen LogP contribution < -0.4 is 9.47 Å². The molecule has 0 amide bonds. The topological polar surface area (TPSA) is 44.8 Å². The molecule has 0 bridgehead atoms. The Kier molecular flexibility index (Phi) is 3.47. The molecule has 9 aliphatic carbocycles. The molecule has 0 N–H and O–H groups in total. The fraction of sp³-hybridized carbons (Fsp3) is 0.212. The minimum Gasteiger partial charge on any atom is -0.493 e. The summed E-state index contributed by atoms with van der Waals surface area (Å²) < 4.78 is 19.1. The fourth-order valence-electron chi connectivity index (χ4n) is 16.6. The molecule has 0 heterocycles. The van der Waals surface area contributed by atoms with Gasteiger partial charge in [-0.15, -0.1) is 0 Å². The first-order valence-corrected chi connectivity index (χ1v) is 20.4. The van der Waals surface area contributed by atoms with E-state index in [0.29, 0.717) is 35.2 Å². The molecule has 9 aromatic rings. The minimum atomic E-state index is -0.686. The van der Waals surface area contributed by atoms with Gasteiger partial charge in [0.1, 0.15) is 6.10 Å². The van der Waals surface area contributed by atoms with E-state index in [4.69, 9.17) is 14.2 Å². The van der Waals surface area contributed by atoms with Crippen molar-refractivity contribution in [1.29, 1.82) is 0 Å². The summed E-state index contributed by atoms with van der Waals surface area (Å²) in [6, 6.07) is 19.2. The molecule has 4 heteroatoms. The van der Waals surface area contributed by atoms with Crippen LogP contribution in [-0.4, -0.2) is 20.2 Å². The lowest BCUT2D eigenvalue weighted by molar-refractivity contribution is -0.151. The smallest absolute Gasteiger partial charge is 0.303 e. The number of carbonyl (C=O) groups excluding carboxylic acids is 1. The van der Waals surface area contributed by atoms with Gasteiger partial charge in [0.05, 0.1) is 19.6 Å². The lowest BCUT2D eigenvalue weighted by Gasteiger charge is -2.59. The van der Waals surface area contributed by atoms with Crippen molar-refractivity contribution in [3.05, 3.63) is 128 Å². The van der Waals surface area contributed by atoms with E-state index in [9.17, 15) is 4.79 Å². The highest BCUT2D eigenvalue weighted by molar-refractivity contribution is 6.53. The van der Waals surface area contributed by atoms with E-state index in [2.05, 4.69) is 72.8 Å². The van der Waals surface area contributed by atoms with Gasteiger partial charge in [0.2, 0.25) is 0 Å². The molecule has 0 saturated heterocycles. The summed E-state index contributed by atoms with van der Waals surface area (Å²) in [7, 11) is 3.43. The number of hydrogen-bond donors (Lipinski definition) is 0. The van der Waals surface area contributed by atoms with E-state index in [1.54, 1.807) is 48.4 Å². The molecule has 0 aliphatic heterocycles. The summed E-state index contributed by atoms with van der Waals surface area (Å²) in [5.74, 6) is 2.77. The van der Waals surface area contributed by atoms with Gasteiger partial charge in [-0.3, -0.25) is 4.79 Å². The van der Waals surface area contributed by atoms with E-state index in [1.165, 1.54) is 109 Å². The first-order chi connectivity index (χ1) is 27.5. The number of benzene rings is 7. The van der Waals surface area contributed by atoms with Gasteiger partial charge in [0, 0.05) is 41.6 Å². The molecule has 18 rings (SSSR count). The highest BCUT2D eigenvalue weighted by Crippen LogP contribution is 2.83. The summed E-state index contributed by atoms with van der Waals surface area (Å²) in [4.78, 5) is 13.8. The van der Waals surface area contributed by atoms with E-state index in [-0.39, 0.29) is 5.97 Å². The number of rotatable bonds is 3. The van der Waals surface area contributed by atoms with Crippen LogP contribution in [0.25, 0.3) is 86.6 Å². The number of carbonyl (C=O) groups is 1. The van der Waals surface area contributed by atoms with Crippen LogP contribution in [0, 0.1) is 0 Å². The zero-order chi connectivity index (χ0) is 35.9. The van der Waals surface area contributed by atoms with Gasteiger partial charge in [0.25, 0.3) is 0 Å². The van der Waals surface area contributed by atoms with E-state index >= 15 is 0 Å². The third-order valence-electron chi connectivity index (χ3n) is 17.6. The second kappa shape index (κ2) is 7.30. The van der Waals surface area contributed by atoms with Crippen LogP contribution in [0.1, 0.15) is 92.3 Å². The summed E-state index contributed by atoms with van der Waals surface area (Å²) >= 11 is 0. The Morgan fingerprint density at radius 1 is 0.607 bits per heavy atom. The summed E-state index contributed by atoms with van der Waals surface area (Å²) in [5, 5.41) is 20.7. The Balaban J connectivity index is 1.22. The van der Waals surface area contributed by atoms with E-state index in [1.807, 2.05) is 0 Å². The van der Waals surface area contributed by atoms with Crippen molar-refractivity contribution in [2.75, 3.05) is 14.2 Å². The molecule has 0 radical (unpaired) electrons. The lowest BCUT2D eigenvalue weighted by Crippen LogP contribution is -2.58. The molecule has 0 saturated carbocycles. The maximum atomic E-state index is 13.8. The second-order valence-corrected chi connectivity index (χ2v) is 18.6. The average Bonchev–Trinajstić information content (AvgIpc) is 4.02. The van der Waals surface area contributed by atoms with Crippen LogP contribution in [0.4, 0.5) is 0 Å². The molecule has 0 aromatic heterocycles. The van der Waals surface area contributed by atoms with Crippen molar-refractivity contribution in [3.63, 3.8) is 0 Å². The minimum absolute atomic E-state index is 0.258.